The molecule has 0 radical (unpaired) electrons. The lowest BCUT2D eigenvalue weighted by Crippen LogP contribution is -2.60. The quantitative estimate of drug-likeness (QED) is 0.306. The molecule has 13 heteroatoms. The molecule has 39 heavy (non-hydrogen) atoms. The van der Waals surface area contributed by atoms with Crippen LogP contribution in [0.5, 0.6) is 11.5 Å². The van der Waals surface area contributed by atoms with E-state index >= 15 is 0 Å². The minimum absolute atomic E-state index is 0.00371. The van der Waals surface area contributed by atoms with Crippen LogP contribution in [-0.4, -0.2) is 77.5 Å². The van der Waals surface area contributed by atoms with Crippen molar-refractivity contribution in [3.8, 4) is 11.5 Å². The summed E-state index contributed by atoms with van der Waals surface area (Å²) >= 11 is 0. The van der Waals surface area contributed by atoms with Gasteiger partial charge >= 0.3 is 0 Å². The van der Waals surface area contributed by atoms with Gasteiger partial charge in [-0.25, -0.2) is 22.3 Å². The van der Waals surface area contributed by atoms with E-state index in [9.17, 15) is 21.6 Å². The molecule has 0 aromatic heterocycles. The van der Waals surface area contributed by atoms with E-state index < -0.39 is 32.0 Å². The molecule has 0 aliphatic carbocycles. The van der Waals surface area contributed by atoms with Crippen molar-refractivity contribution < 1.29 is 31.1 Å². The normalized spacial score (nSPS) is 17.1. The zero-order valence-corrected chi connectivity index (χ0v) is 22.9. The van der Waals surface area contributed by atoms with Crippen LogP contribution < -0.4 is 14.9 Å². The van der Waals surface area contributed by atoms with Crippen LogP contribution in [0.4, 0.5) is 0 Å². The SMILES string of the molecule is COc1ccc(/C=N\NC(=O)[C@H]2CN(S(=O)(=O)c3ccccc3)CCN2S(=O)(=O)c2ccccc2)cc1OC. The molecular weight excluding hydrogens is 544 g/mol. The minimum Gasteiger partial charge on any atom is -0.493 e. The summed E-state index contributed by atoms with van der Waals surface area (Å²) in [4.78, 5) is 13.4. The van der Waals surface area contributed by atoms with Gasteiger partial charge in [-0.15, -0.1) is 0 Å². The second-order valence-electron chi connectivity index (χ2n) is 8.47. The fraction of sp³-hybridized carbons (Fsp3) is 0.231. The van der Waals surface area contributed by atoms with Gasteiger partial charge < -0.3 is 9.47 Å². The second-order valence-corrected chi connectivity index (χ2v) is 12.3. The van der Waals surface area contributed by atoms with Gasteiger partial charge in [0.15, 0.2) is 11.5 Å². The molecule has 1 fully saturated rings. The van der Waals surface area contributed by atoms with E-state index in [-0.39, 0.29) is 29.4 Å². The van der Waals surface area contributed by atoms with E-state index in [0.29, 0.717) is 17.1 Å². The lowest BCUT2D eigenvalue weighted by atomic mass is 10.2. The number of nitrogens with zero attached hydrogens (tertiary/aromatic N) is 3. The van der Waals surface area contributed by atoms with Gasteiger partial charge in [0.1, 0.15) is 6.04 Å². The van der Waals surface area contributed by atoms with E-state index in [1.807, 2.05) is 0 Å². The highest BCUT2D eigenvalue weighted by Gasteiger charge is 2.43. The monoisotopic (exact) mass is 572 g/mol. The Balaban J connectivity index is 1.61. The molecule has 11 nitrogen and oxygen atoms in total. The van der Waals surface area contributed by atoms with Gasteiger partial charge in [-0.05, 0) is 48.0 Å². The Morgan fingerprint density at radius 1 is 0.846 bits per heavy atom. The molecule has 1 heterocycles. The molecule has 3 aromatic rings. The zero-order chi connectivity index (χ0) is 28.0. The summed E-state index contributed by atoms with van der Waals surface area (Å²) in [7, 11) is -5.09. The van der Waals surface area contributed by atoms with Gasteiger partial charge in [0.05, 0.1) is 30.2 Å². The summed E-state index contributed by atoms with van der Waals surface area (Å²) in [6, 6.07) is 19.1. The first kappa shape index (κ1) is 28.2. The Morgan fingerprint density at radius 2 is 1.44 bits per heavy atom. The minimum atomic E-state index is -4.11. The second kappa shape index (κ2) is 11.9. The van der Waals surface area contributed by atoms with Gasteiger partial charge in [-0.2, -0.15) is 13.7 Å². The van der Waals surface area contributed by atoms with Crippen molar-refractivity contribution >= 4 is 32.2 Å². The smallest absolute Gasteiger partial charge is 0.259 e. The molecule has 1 N–H and O–H groups in total. The first-order valence-corrected chi connectivity index (χ1v) is 14.7. The van der Waals surface area contributed by atoms with Gasteiger partial charge in [0, 0.05) is 19.6 Å². The number of hydrogen-bond acceptors (Lipinski definition) is 8. The molecule has 0 bridgehead atoms. The van der Waals surface area contributed by atoms with Gasteiger partial charge in [-0.1, -0.05) is 36.4 Å². The average molecular weight is 573 g/mol. The van der Waals surface area contributed by atoms with Crippen molar-refractivity contribution in [1.82, 2.24) is 14.0 Å². The van der Waals surface area contributed by atoms with Crippen molar-refractivity contribution in [1.29, 1.82) is 0 Å². The third-order valence-corrected chi connectivity index (χ3v) is 9.93. The van der Waals surface area contributed by atoms with Crippen molar-refractivity contribution in [2.75, 3.05) is 33.9 Å². The largest absolute Gasteiger partial charge is 0.493 e. The predicted octanol–water partition coefficient (Wildman–Crippen LogP) is 1.92. The molecule has 0 unspecified atom stereocenters. The van der Waals surface area contributed by atoms with Crippen LogP contribution in [-0.2, 0) is 24.8 Å². The van der Waals surface area contributed by atoms with Crippen molar-refractivity contribution in [3.63, 3.8) is 0 Å². The van der Waals surface area contributed by atoms with Crippen LogP contribution in [0.25, 0.3) is 0 Å². The maximum atomic E-state index is 13.5. The number of carbonyl (C=O) groups excluding carboxylic acids is 1. The first-order valence-electron chi connectivity index (χ1n) is 11.9. The number of benzene rings is 3. The van der Waals surface area contributed by atoms with Crippen LogP contribution >= 0.6 is 0 Å². The van der Waals surface area contributed by atoms with E-state index in [1.54, 1.807) is 54.6 Å². The third-order valence-electron chi connectivity index (χ3n) is 6.12. The lowest BCUT2D eigenvalue weighted by molar-refractivity contribution is -0.125. The molecule has 1 atom stereocenters. The number of carbonyl (C=O) groups is 1. The number of nitrogens with one attached hydrogen (secondary N) is 1. The zero-order valence-electron chi connectivity index (χ0n) is 21.3. The fourth-order valence-electron chi connectivity index (χ4n) is 4.11. The molecule has 4 rings (SSSR count). The molecule has 0 saturated carbocycles. The number of ether oxygens (including phenoxy) is 2. The third kappa shape index (κ3) is 6.11. The maximum Gasteiger partial charge on any atom is 0.259 e. The molecule has 1 aliphatic rings. The standard InChI is InChI=1S/C26H28N4O7S2/c1-36-24-14-13-20(17-25(24)37-2)18-27-28-26(31)23-19-29(38(32,33)21-9-5-3-6-10-21)15-16-30(23)39(34,35)22-11-7-4-8-12-22/h3-14,17-18,23H,15-16,19H2,1-2H3,(H,28,31)/b27-18-/t23-/m1/s1. The van der Waals surface area contributed by atoms with Crippen LogP contribution in [0, 0.1) is 0 Å². The number of hydrazone groups is 1. The molecule has 206 valence electrons. The molecule has 1 saturated heterocycles. The predicted molar refractivity (Wildman–Crippen MR) is 145 cm³/mol. The Morgan fingerprint density at radius 3 is 2.03 bits per heavy atom. The van der Waals surface area contributed by atoms with Crippen LogP contribution in [0.3, 0.4) is 0 Å². The number of hydrogen-bond donors (Lipinski definition) is 1. The van der Waals surface area contributed by atoms with E-state index in [0.717, 1.165) is 8.61 Å². The van der Waals surface area contributed by atoms with Crippen molar-refractivity contribution in [3.05, 3.63) is 84.4 Å². The molecule has 1 amide bonds. The first-order chi connectivity index (χ1) is 18.7. The summed E-state index contributed by atoms with van der Waals surface area (Å²) in [6.07, 6.45) is 1.36. The van der Waals surface area contributed by atoms with Gasteiger partial charge in [0.2, 0.25) is 20.0 Å². The molecular formula is C26H28N4O7S2. The fourth-order valence-corrected chi connectivity index (χ4v) is 7.16. The average Bonchev–Trinajstić information content (AvgIpc) is 2.97. The number of rotatable bonds is 9. The molecule has 3 aromatic carbocycles. The van der Waals surface area contributed by atoms with Gasteiger partial charge in [-0.3, -0.25) is 4.79 Å². The summed E-state index contributed by atoms with van der Waals surface area (Å²) < 4.78 is 66.1. The number of piperazine rings is 1. The number of amides is 1. The van der Waals surface area contributed by atoms with Crippen molar-refractivity contribution in [2.24, 2.45) is 5.10 Å². The van der Waals surface area contributed by atoms with E-state index in [2.05, 4.69) is 10.5 Å². The van der Waals surface area contributed by atoms with Crippen LogP contribution in [0.15, 0.2) is 93.8 Å². The van der Waals surface area contributed by atoms with E-state index in [1.165, 1.54) is 44.7 Å². The molecule has 0 spiro atoms. The number of sulfonamides is 2. The van der Waals surface area contributed by atoms with Crippen LogP contribution in [0.2, 0.25) is 0 Å². The summed E-state index contributed by atoms with van der Waals surface area (Å²) in [5, 5.41) is 3.97. The number of methoxy groups -OCH3 is 2. The van der Waals surface area contributed by atoms with Crippen LogP contribution in [0.1, 0.15) is 5.56 Å². The van der Waals surface area contributed by atoms with E-state index in [4.69, 9.17) is 9.47 Å². The summed E-state index contributed by atoms with van der Waals surface area (Å²) in [6.45, 7) is -0.732. The Labute approximate surface area is 227 Å². The summed E-state index contributed by atoms with van der Waals surface area (Å²) in [5.74, 6) is 0.198. The lowest BCUT2D eigenvalue weighted by Gasteiger charge is -2.38. The topological polar surface area (TPSA) is 135 Å². The maximum absolute atomic E-state index is 13.5. The Hall–Kier alpha value is -3.78. The molecule has 1 aliphatic heterocycles. The highest BCUT2D eigenvalue weighted by molar-refractivity contribution is 7.89. The Bertz CT molecular complexity index is 1550. The highest BCUT2D eigenvalue weighted by Crippen LogP contribution is 2.27. The van der Waals surface area contributed by atoms with Gasteiger partial charge in [0.25, 0.3) is 5.91 Å². The van der Waals surface area contributed by atoms with Crippen molar-refractivity contribution in [2.45, 2.75) is 15.8 Å². The summed E-state index contributed by atoms with van der Waals surface area (Å²) in [5.41, 5.74) is 2.95. The highest BCUT2D eigenvalue weighted by atomic mass is 32.2. The Kier molecular flexibility index (Phi) is 8.65.